The number of aliphatic hydroxyl groups is 1. The van der Waals surface area contributed by atoms with Crippen LogP contribution in [0.5, 0.6) is 0 Å². The van der Waals surface area contributed by atoms with Crippen molar-refractivity contribution in [1.29, 1.82) is 0 Å². The van der Waals surface area contributed by atoms with Crippen molar-refractivity contribution in [3.8, 4) is 0 Å². The molecule has 2 atom stereocenters. The lowest BCUT2D eigenvalue weighted by Crippen LogP contribution is -2.43. The highest BCUT2D eigenvalue weighted by Gasteiger charge is 2.40. The van der Waals surface area contributed by atoms with E-state index in [9.17, 15) is 9.90 Å². The van der Waals surface area contributed by atoms with Gasteiger partial charge >= 0.3 is 5.97 Å². The Morgan fingerprint density at radius 2 is 2.24 bits per heavy atom. The lowest BCUT2D eigenvalue weighted by atomic mass is 9.78. The van der Waals surface area contributed by atoms with Gasteiger partial charge in [0.15, 0.2) is 0 Å². The predicted molar refractivity (Wildman–Crippen MR) is 63.9 cm³/mol. The summed E-state index contributed by atoms with van der Waals surface area (Å²) in [5.74, 6) is -1.04. The molecule has 0 saturated carbocycles. The molecular weight excluding hydrogens is 220 g/mol. The third kappa shape index (κ3) is 1.99. The number of hydrogen-bond acceptors (Lipinski definition) is 4. The summed E-state index contributed by atoms with van der Waals surface area (Å²) in [5, 5.41) is 21.7. The largest absolute Gasteiger partial charge is 0.480 e. The van der Waals surface area contributed by atoms with Crippen LogP contribution in [0.4, 0.5) is 5.69 Å². The van der Waals surface area contributed by atoms with Gasteiger partial charge in [-0.25, -0.2) is 0 Å². The number of anilines is 1. The topological polar surface area (TPSA) is 95.6 Å². The zero-order chi connectivity index (χ0) is 12.5. The van der Waals surface area contributed by atoms with E-state index in [1.807, 2.05) is 24.3 Å². The summed E-state index contributed by atoms with van der Waals surface area (Å²) < 4.78 is 0. The van der Waals surface area contributed by atoms with E-state index in [1.54, 1.807) is 0 Å². The van der Waals surface area contributed by atoms with Crippen LogP contribution in [-0.4, -0.2) is 35.4 Å². The maximum atomic E-state index is 10.8. The monoisotopic (exact) mass is 236 g/mol. The van der Waals surface area contributed by atoms with E-state index in [0.717, 1.165) is 11.3 Å². The molecule has 0 aliphatic carbocycles. The van der Waals surface area contributed by atoms with E-state index in [4.69, 9.17) is 10.8 Å². The number of aliphatic hydroxyl groups excluding tert-OH is 1. The number of benzene rings is 1. The molecule has 0 fully saturated rings. The first-order chi connectivity index (χ1) is 8.09. The molecule has 5 N–H and O–H groups in total. The lowest BCUT2D eigenvalue weighted by Gasteiger charge is -2.28. The van der Waals surface area contributed by atoms with Gasteiger partial charge in [-0.3, -0.25) is 4.79 Å². The van der Waals surface area contributed by atoms with Gasteiger partial charge in [0.25, 0.3) is 0 Å². The van der Waals surface area contributed by atoms with Crippen molar-refractivity contribution < 1.29 is 15.0 Å². The first-order valence-corrected chi connectivity index (χ1v) is 5.52. The van der Waals surface area contributed by atoms with Crippen molar-refractivity contribution in [2.24, 2.45) is 5.73 Å². The molecule has 92 valence electrons. The second-order valence-electron chi connectivity index (χ2n) is 4.49. The molecule has 1 aliphatic rings. The number of rotatable bonds is 4. The van der Waals surface area contributed by atoms with Crippen LogP contribution in [0.2, 0.25) is 0 Å². The highest BCUT2D eigenvalue weighted by molar-refractivity contribution is 5.74. The molecule has 1 aromatic rings. The van der Waals surface area contributed by atoms with E-state index in [-0.39, 0.29) is 13.0 Å². The molecule has 0 spiro atoms. The van der Waals surface area contributed by atoms with Gasteiger partial charge in [0, 0.05) is 17.6 Å². The van der Waals surface area contributed by atoms with Crippen molar-refractivity contribution in [1.82, 2.24) is 0 Å². The molecule has 0 unspecified atom stereocenters. The zero-order valence-electron chi connectivity index (χ0n) is 9.39. The highest BCUT2D eigenvalue weighted by atomic mass is 16.4. The highest BCUT2D eigenvalue weighted by Crippen LogP contribution is 2.39. The average Bonchev–Trinajstić information content (AvgIpc) is 2.69. The fraction of sp³-hybridized carbons (Fsp3) is 0.417. The Morgan fingerprint density at radius 3 is 2.88 bits per heavy atom. The van der Waals surface area contributed by atoms with Crippen molar-refractivity contribution in [3.05, 3.63) is 29.8 Å². The van der Waals surface area contributed by atoms with Crippen LogP contribution >= 0.6 is 0 Å². The number of para-hydroxylation sites is 1. The van der Waals surface area contributed by atoms with Crippen LogP contribution in [0.3, 0.4) is 0 Å². The molecule has 0 aromatic heterocycles. The maximum absolute atomic E-state index is 10.8. The smallest absolute Gasteiger partial charge is 0.320 e. The first-order valence-electron chi connectivity index (χ1n) is 5.52. The molecule has 5 nitrogen and oxygen atoms in total. The van der Waals surface area contributed by atoms with Gasteiger partial charge in [-0.2, -0.15) is 0 Å². The van der Waals surface area contributed by atoms with Crippen LogP contribution in [0.25, 0.3) is 0 Å². The minimum Gasteiger partial charge on any atom is -0.480 e. The molecule has 0 amide bonds. The van der Waals surface area contributed by atoms with E-state index in [0.29, 0.717) is 6.54 Å². The van der Waals surface area contributed by atoms with Crippen molar-refractivity contribution in [3.63, 3.8) is 0 Å². The minimum atomic E-state index is -1.04. The van der Waals surface area contributed by atoms with E-state index in [2.05, 4.69) is 5.32 Å². The summed E-state index contributed by atoms with van der Waals surface area (Å²) in [7, 11) is 0. The van der Waals surface area contributed by atoms with Crippen LogP contribution < -0.4 is 11.1 Å². The number of carboxylic acids is 1. The maximum Gasteiger partial charge on any atom is 0.320 e. The Morgan fingerprint density at radius 1 is 1.53 bits per heavy atom. The van der Waals surface area contributed by atoms with Gasteiger partial charge in [0.2, 0.25) is 0 Å². The van der Waals surface area contributed by atoms with E-state index < -0.39 is 17.4 Å². The normalized spacial score (nSPS) is 23.9. The van der Waals surface area contributed by atoms with Gasteiger partial charge in [-0.15, -0.1) is 0 Å². The number of carboxylic acid groups (broad SMARTS) is 1. The van der Waals surface area contributed by atoms with E-state index in [1.165, 1.54) is 0 Å². The Hall–Kier alpha value is -1.59. The number of nitrogens with one attached hydrogen (secondary N) is 1. The first kappa shape index (κ1) is 11.9. The SMILES string of the molecule is N[C@@H](C[C@]1(CO)CNc2ccccc21)C(=O)O. The number of fused-ring (bicyclic) bond motifs is 1. The van der Waals surface area contributed by atoms with Gasteiger partial charge in [0.1, 0.15) is 6.04 Å². The summed E-state index contributed by atoms with van der Waals surface area (Å²) >= 11 is 0. The van der Waals surface area contributed by atoms with Crippen molar-refractivity contribution in [2.75, 3.05) is 18.5 Å². The average molecular weight is 236 g/mol. The second-order valence-corrected chi connectivity index (χ2v) is 4.49. The molecular formula is C12H16N2O3. The molecule has 17 heavy (non-hydrogen) atoms. The van der Waals surface area contributed by atoms with Crippen molar-refractivity contribution in [2.45, 2.75) is 17.9 Å². The molecule has 0 bridgehead atoms. The summed E-state index contributed by atoms with van der Waals surface area (Å²) in [6, 6.07) is 6.63. The number of nitrogens with two attached hydrogens (primary N) is 1. The van der Waals surface area contributed by atoms with E-state index >= 15 is 0 Å². The Bertz CT molecular complexity index is 436. The van der Waals surface area contributed by atoms with Crippen LogP contribution in [-0.2, 0) is 10.2 Å². The fourth-order valence-corrected chi connectivity index (χ4v) is 2.36. The summed E-state index contributed by atoms with van der Waals surface area (Å²) in [5.41, 5.74) is 6.87. The third-order valence-electron chi connectivity index (χ3n) is 3.35. The van der Waals surface area contributed by atoms with Crippen molar-refractivity contribution >= 4 is 11.7 Å². The Labute approximate surface area is 99.3 Å². The number of aliphatic carboxylic acids is 1. The summed E-state index contributed by atoms with van der Waals surface area (Å²) in [6.07, 6.45) is 0.225. The standard InChI is InChI=1S/C12H16N2O3/c13-9(11(16)17)5-12(7-15)6-14-10-4-2-1-3-8(10)12/h1-4,9,14-15H,5-7,13H2,(H,16,17)/t9-,12+/m0/s1. The quantitative estimate of drug-likeness (QED) is 0.596. The molecule has 0 radical (unpaired) electrons. The molecule has 1 heterocycles. The third-order valence-corrected chi connectivity index (χ3v) is 3.35. The fourth-order valence-electron chi connectivity index (χ4n) is 2.36. The van der Waals surface area contributed by atoms with Gasteiger partial charge in [-0.1, -0.05) is 18.2 Å². The Balaban J connectivity index is 2.31. The predicted octanol–water partition coefficient (Wildman–Crippen LogP) is 0.144. The number of hydrogen-bond donors (Lipinski definition) is 4. The summed E-state index contributed by atoms with van der Waals surface area (Å²) in [4.78, 5) is 10.8. The molecule has 0 saturated heterocycles. The van der Waals surface area contributed by atoms with Crippen LogP contribution in [0, 0.1) is 0 Å². The molecule has 1 aromatic carbocycles. The Kier molecular flexibility index (Phi) is 3.04. The summed E-state index contributed by atoms with van der Waals surface area (Å²) in [6.45, 7) is 0.405. The molecule has 2 rings (SSSR count). The van der Waals surface area contributed by atoms with Crippen LogP contribution in [0.15, 0.2) is 24.3 Å². The van der Waals surface area contributed by atoms with Gasteiger partial charge < -0.3 is 21.3 Å². The zero-order valence-corrected chi connectivity index (χ0v) is 9.39. The molecule has 1 aliphatic heterocycles. The lowest BCUT2D eigenvalue weighted by molar-refractivity contribution is -0.139. The molecule has 5 heteroatoms. The number of carbonyl (C=O) groups is 1. The van der Waals surface area contributed by atoms with Gasteiger partial charge in [-0.05, 0) is 18.1 Å². The van der Waals surface area contributed by atoms with Crippen LogP contribution in [0.1, 0.15) is 12.0 Å². The minimum absolute atomic E-state index is 0.113. The second kappa shape index (κ2) is 4.35. The van der Waals surface area contributed by atoms with Gasteiger partial charge in [0.05, 0.1) is 6.61 Å².